The van der Waals surface area contributed by atoms with E-state index in [0.717, 1.165) is 0 Å². The molecule has 0 aliphatic carbocycles. The molecule has 19 heavy (non-hydrogen) atoms. The van der Waals surface area contributed by atoms with Crippen LogP contribution in [0.15, 0.2) is 0 Å². The van der Waals surface area contributed by atoms with E-state index in [1.807, 2.05) is 0 Å². The normalized spacial score (nSPS) is 28.3. The molecule has 108 valence electrons. The highest BCUT2D eigenvalue weighted by atomic mass is 16.5. The highest BCUT2D eigenvalue weighted by Crippen LogP contribution is 2.15. The predicted octanol–water partition coefficient (Wildman–Crippen LogP) is -1.42. The summed E-state index contributed by atoms with van der Waals surface area (Å²) < 4.78 is 10.3. The second-order valence-corrected chi connectivity index (χ2v) is 4.51. The number of carboxylic acids is 1. The maximum Gasteiger partial charge on any atom is 0.328 e. The van der Waals surface area contributed by atoms with Crippen molar-refractivity contribution in [3.63, 3.8) is 0 Å². The van der Waals surface area contributed by atoms with Gasteiger partial charge < -0.3 is 29.5 Å². The number of urea groups is 1. The minimum absolute atomic E-state index is 0.00476. The van der Waals surface area contributed by atoms with E-state index in [0.29, 0.717) is 19.8 Å². The smallest absolute Gasteiger partial charge is 0.328 e. The standard InChI is InChI=1S/C11H18N2O6/c14-5-8-6-18-3-1-12(8)11(17)13-2-4-19-7-9(13)10(15)16/h8-9,14H,1-7H2,(H,15,16). The Morgan fingerprint density at radius 3 is 2.37 bits per heavy atom. The van der Waals surface area contributed by atoms with Crippen LogP contribution in [-0.4, -0.2) is 90.2 Å². The van der Waals surface area contributed by atoms with Gasteiger partial charge in [0.05, 0.1) is 39.1 Å². The molecule has 2 fully saturated rings. The molecular formula is C11H18N2O6. The number of carbonyl (C=O) groups excluding carboxylic acids is 1. The number of morpholine rings is 2. The highest BCUT2D eigenvalue weighted by molar-refractivity contribution is 5.83. The lowest BCUT2D eigenvalue weighted by molar-refractivity contribution is -0.148. The van der Waals surface area contributed by atoms with Gasteiger partial charge in [0.1, 0.15) is 0 Å². The highest BCUT2D eigenvalue weighted by Gasteiger charge is 2.37. The second-order valence-electron chi connectivity index (χ2n) is 4.51. The molecule has 2 rings (SSSR count). The van der Waals surface area contributed by atoms with Crippen LogP contribution in [0, 0.1) is 0 Å². The largest absolute Gasteiger partial charge is 0.480 e. The first-order valence-corrected chi connectivity index (χ1v) is 6.21. The fraction of sp³-hybridized carbons (Fsp3) is 0.818. The summed E-state index contributed by atoms with van der Waals surface area (Å²) in [6, 6.07) is -1.76. The zero-order chi connectivity index (χ0) is 13.8. The SMILES string of the molecule is O=C(O)C1COCCN1C(=O)N1CCOCC1CO. The van der Waals surface area contributed by atoms with Crippen LogP contribution in [0.2, 0.25) is 0 Å². The van der Waals surface area contributed by atoms with Crippen molar-refractivity contribution in [3.8, 4) is 0 Å². The molecule has 0 aromatic rings. The Kier molecular flexibility index (Phi) is 4.56. The molecule has 2 atom stereocenters. The summed E-state index contributed by atoms with van der Waals surface area (Å²) >= 11 is 0. The molecule has 0 saturated carbocycles. The number of aliphatic carboxylic acids is 1. The first-order chi connectivity index (χ1) is 9.15. The molecule has 8 heteroatoms. The fourth-order valence-electron chi connectivity index (χ4n) is 2.26. The molecule has 0 radical (unpaired) electrons. The van der Waals surface area contributed by atoms with Crippen LogP contribution >= 0.6 is 0 Å². The van der Waals surface area contributed by atoms with Gasteiger partial charge in [0, 0.05) is 13.1 Å². The average molecular weight is 274 g/mol. The number of carboxylic acid groups (broad SMARTS) is 1. The van der Waals surface area contributed by atoms with E-state index in [1.54, 1.807) is 0 Å². The van der Waals surface area contributed by atoms with Crippen LogP contribution < -0.4 is 0 Å². The van der Waals surface area contributed by atoms with Crippen LogP contribution in [0.25, 0.3) is 0 Å². The van der Waals surface area contributed by atoms with E-state index >= 15 is 0 Å². The van der Waals surface area contributed by atoms with Gasteiger partial charge in [-0.05, 0) is 0 Å². The molecule has 0 aromatic heterocycles. The van der Waals surface area contributed by atoms with Crippen molar-refractivity contribution >= 4 is 12.0 Å². The van der Waals surface area contributed by atoms with Gasteiger partial charge >= 0.3 is 12.0 Å². The van der Waals surface area contributed by atoms with Crippen LogP contribution in [0.1, 0.15) is 0 Å². The van der Waals surface area contributed by atoms with Gasteiger partial charge in [-0.15, -0.1) is 0 Å². The van der Waals surface area contributed by atoms with Crippen LogP contribution in [0.4, 0.5) is 4.79 Å². The number of ether oxygens (including phenoxy) is 2. The first kappa shape index (κ1) is 14.0. The second kappa shape index (κ2) is 6.18. The number of aliphatic hydroxyl groups excluding tert-OH is 1. The van der Waals surface area contributed by atoms with E-state index < -0.39 is 18.1 Å². The number of hydrogen-bond donors (Lipinski definition) is 2. The molecule has 8 nitrogen and oxygen atoms in total. The maximum absolute atomic E-state index is 12.4. The van der Waals surface area contributed by atoms with Crippen molar-refractivity contribution in [1.82, 2.24) is 9.80 Å². The van der Waals surface area contributed by atoms with Gasteiger partial charge in [0.25, 0.3) is 0 Å². The summed E-state index contributed by atoms with van der Waals surface area (Å²) in [5, 5.41) is 18.4. The van der Waals surface area contributed by atoms with Crippen molar-refractivity contribution in [2.75, 3.05) is 46.1 Å². The zero-order valence-corrected chi connectivity index (χ0v) is 10.5. The predicted molar refractivity (Wildman–Crippen MR) is 62.7 cm³/mol. The Balaban J connectivity index is 2.09. The Morgan fingerprint density at radius 1 is 1.11 bits per heavy atom. The van der Waals surface area contributed by atoms with E-state index in [4.69, 9.17) is 14.6 Å². The van der Waals surface area contributed by atoms with Crippen molar-refractivity contribution in [2.45, 2.75) is 12.1 Å². The monoisotopic (exact) mass is 274 g/mol. The minimum atomic E-state index is -1.08. The summed E-state index contributed by atoms with van der Waals surface area (Å²) in [5.41, 5.74) is 0. The lowest BCUT2D eigenvalue weighted by Crippen LogP contribution is -2.61. The molecule has 0 spiro atoms. The molecule has 0 aromatic carbocycles. The van der Waals surface area contributed by atoms with Crippen molar-refractivity contribution < 1.29 is 29.3 Å². The van der Waals surface area contributed by atoms with Gasteiger partial charge in [-0.3, -0.25) is 0 Å². The number of hydrogen-bond acceptors (Lipinski definition) is 5. The van der Waals surface area contributed by atoms with Gasteiger partial charge in [-0.1, -0.05) is 0 Å². The maximum atomic E-state index is 12.4. The quantitative estimate of drug-likeness (QED) is 0.641. The third-order valence-corrected chi connectivity index (χ3v) is 3.34. The van der Waals surface area contributed by atoms with E-state index in [-0.39, 0.29) is 32.4 Å². The Morgan fingerprint density at radius 2 is 1.74 bits per heavy atom. The fourth-order valence-corrected chi connectivity index (χ4v) is 2.26. The van der Waals surface area contributed by atoms with Gasteiger partial charge in [-0.25, -0.2) is 9.59 Å². The third-order valence-electron chi connectivity index (χ3n) is 3.34. The van der Waals surface area contributed by atoms with Crippen LogP contribution in [0.5, 0.6) is 0 Å². The minimum Gasteiger partial charge on any atom is -0.480 e. The Labute approximate surface area is 110 Å². The van der Waals surface area contributed by atoms with Gasteiger partial charge in [0.2, 0.25) is 0 Å². The summed E-state index contributed by atoms with van der Waals surface area (Å²) in [7, 11) is 0. The lowest BCUT2D eigenvalue weighted by atomic mass is 10.2. The van der Waals surface area contributed by atoms with Gasteiger partial charge in [-0.2, -0.15) is 0 Å². The topological polar surface area (TPSA) is 99.5 Å². The molecule has 2 unspecified atom stereocenters. The van der Waals surface area contributed by atoms with E-state index in [1.165, 1.54) is 9.80 Å². The molecule has 2 aliphatic rings. The molecule has 2 heterocycles. The molecule has 2 saturated heterocycles. The number of amides is 2. The van der Waals surface area contributed by atoms with Crippen LogP contribution in [0.3, 0.4) is 0 Å². The summed E-state index contributed by atoms with van der Waals surface area (Å²) in [6.07, 6.45) is 0. The molecule has 0 bridgehead atoms. The first-order valence-electron chi connectivity index (χ1n) is 6.21. The summed E-state index contributed by atoms with van der Waals surface area (Å²) in [5.74, 6) is -1.08. The van der Waals surface area contributed by atoms with Crippen molar-refractivity contribution in [3.05, 3.63) is 0 Å². The Hall–Kier alpha value is -1.38. The number of rotatable bonds is 2. The molecule has 2 amide bonds. The van der Waals surface area contributed by atoms with Crippen molar-refractivity contribution in [2.24, 2.45) is 0 Å². The summed E-state index contributed by atoms with van der Waals surface area (Å²) in [6.45, 7) is 1.38. The number of aliphatic hydroxyl groups is 1. The number of carbonyl (C=O) groups is 2. The zero-order valence-electron chi connectivity index (χ0n) is 10.5. The lowest BCUT2D eigenvalue weighted by Gasteiger charge is -2.41. The third kappa shape index (κ3) is 2.96. The molecular weight excluding hydrogens is 256 g/mol. The molecule has 2 N–H and O–H groups in total. The van der Waals surface area contributed by atoms with Crippen molar-refractivity contribution in [1.29, 1.82) is 0 Å². The van der Waals surface area contributed by atoms with Crippen LogP contribution in [-0.2, 0) is 14.3 Å². The average Bonchev–Trinajstić information content (AvgIpc) is 2.46. The van der Waals surface area contributed by atoms with E-state index in [9.17, 15) is 14.7 Å². The Bertz CT molecular complexity index is 350. The number of nitrogens with zero attached hydrogens (tertiary/aromatic N) is 2. The summed E-state index contributed by atoms with van der Waals surface area (Å²) in [4.78, 5) is 26.3. The van der Waals surface area contributed by atoms with E-state index in [2.05, 4.69) is 0 Å². The molecule has 2 aliphatic heterocycles. The van der Waals surface area contributed by atoms with Gasteiger partial charge in [0.15, 0.2) is 6.04 Å².